The number of carboxylic acids is 1. The van der Waals surface area contributed by atoms with E-state index in [1.54, 1.807) is 0 Å². The second kappa shape index (κ2) is 7.81. The van der Waals surface area contributed by atoms with E-state index in [2.05, 4.69) is 0 Å². The third kappa shape index (κ3) is 4.16. The van der Waals surface area contributed by atoms with Crippen LogP contribution < -0.4 is 0 Å². The maximum Gasteiger partial charge on any atom is 0.303 e. The van der Waals surface area contributed by atoms with Crippen LogP contribution in [0.2, 0.25) is 0 Å². The third-order valence-electron chi connectivity index (χ3n) is 3.81. The first kappa shape index (κ1) is 18.5. The number of nitrogens with zero attached hydrogens (tertiary/aromatic N) is 1. The minimum atomic E-state index is -1.57. The molecule has 2 unspecified atom stereocenters. The van der Waals surface area contributed by atoms with Gasteiger partial charge < -0.3 is 29.9 Å². The van der Waals surface area contributed by atoms with Crippen molar-refractivity contribution in [2.75, 3.05) is 13.2 Å². The number of imide groups is 1. The number of carbonyl (C=O) groups is 3. The summed E-state index contributed by atoms with van der Waals surface area (Å²) in [7, 11) is 0. The Morgan fingerprint density at radius 1 is 1.12 bits per heavy atom. The van der Waals surface area contributed by atoms with Crippen LogP contribution in [0.3, 0.4) is 0 Å². The Morgan fingerprint density at radius 2 is 1.75 bits per heavy atom. The average Bonchev–Trinajstić information content (AvgIpc) is 2.85. The molecule has 5 atom stereocenters. The number of hydrogen-bond acceptors (Lipinski definition) is 8. The highest BCUT2D eigenvalue weighted by molar-refractivity contribution is 6.12. The van der Waals surface area contributed by atoms with Crippen LogP contribution in [0.1, 0.15) is 12.8 Å². The maximum atomic E-state index is 11.4. The Labute approximate surface area is 136 Å². The molecule has 24 heavy (non-hydrogen) atoms. The van der Waals surface area contributed by atoms with E-state index in [4.69, 9.17) is 14.6 Å². The molecule has 10 heteroatoms. The molecule has 0 spiro atoms. The Balaban J connectivity index is 1.87. The van der Waals surface area contributed by atoms with E-state index in [1.165, 1.54) is 0 Å². The van der Waals surface area contributed by atoms with Gasteiger partial charge in [-0.05, 0) is 6.42 Å². The van der Waals surface area contributed by atoms with Gasteiger partial charge in [0.1, 0.15) is 18.3 Å². The molecule has 0 aromatic heterocycles. The largest absolute Gasteiger partial charge is 0.481 e. The van der Waals surface area contributed by atoms with Crippen molar-refractivity contribution in [1.82, 2.24) is 4.90 Å². The first-order valence-electron chi connectivity index (χ1n) is 7.38. The van der Waals surface area contributed by atoms with Gasteiger partial charge in [-0.1, -0.05) is 0 Å². The highest BCUT2D eigenvalue weighted by Gasteiger charge is 2.44. The molecule has 2 heterocycles. The summed E-state index contributed by atoms with van der Waals surface area (Å²) in [5.74, 6) is -2.06. The third-order valence-corrected chi connectivity index (χ3v) is 3.81. The van der Waals surface area contributed by atoms with E-state index in [1.807, 2.05) is 0 Å². The van der Waals surface area contributed by atoms with Gasteiger partial charge in [0.2, 0.25) is 0 Å². The van der Waals surface area contributed by atoms with Crippen molar-refractivity contribution in [3.05, 3.63) is 12.2 Å². The molecule has 0 bridgehead atoms. The normalized spacial score (nSPS) is 33.3. The average molecular weight is 345 g/mol. The Bertz CT molecular complexity index is 516. The molecule has 10 nitrogen and oxygen atoms in total. The lowest BCUT2D eigenvalue weighted by Gasteiger charge is -2.40. The lowest BCUT2D eigenvalue weighted by molar-refractivity contribution is -0.297. The van der Waals surface area contributed by atoms with Gasteiger partial charge in [-0.2, -0.15) is 0 Å². The van der Waals surface area contributed by atoms with Gasteiger partial charge >= 0.3 is 5.97 Å². The van der Waals surface area contributed by atoms with Gasteiger partial charge in [-0.15, -0.1) is 0 Å². The molecule has 0 radical (unpaired) electrons. The first-order valence-corrected chi connectivity index (χ1v) is 7.38. The number of aliphatic hydroxyl groups excluding tert-OH is 3. The van der Waals surface area contributed by atoms with Crippen molar-refractivity contribution < 1.29 is 44.3 Å². The Kier molecular flexibility index (Phi) is 6.02. The monoisotopic (exact) mass is 345 g/mol. The van der Waals surface area contributed by atoms with Crippen LogP contribution in [-0.2, 0) is 23.9 Å². The van der Waals surface area contributed by atoms with Crippen molar-refractivity contribution in [3.63, 3.8) is 0 Å². The van der Waals surface area contributed by atoms with Gasteiger partial charge in [-0.25, -0.2) is 0 Å². The molecule has 0 aliphatic carbocycles. The molecular weight excluding hydrogens is 326 g/mol. The molecule has 0 saturated carbocycles. The molecular formula is C14H19NO9. The molecule has 2 amide bonds. The summed E-state index contributed by atoms with van der Waals surface area (Å²) in [5, 5.41) is 38.2. The summed E-state index contributed by atoms with van der Waals surface area (Å²) in [4.78, 5) is 34.3. The van der Waals surface area contributed by atoms with E-state index in [-0.39, 0.29) is 26.0 Å². The SMILES string of the molecule is O=C(O)CCC1O[C@H](OCCN2C(=O)C=CC2=O)C(O)[C@@H](O)[C@@H]1O. The molecule has 2 rings (SSSR count). The lowest BCUT2D eigenvalue weighted by Crippen LogP contribution is -2.58. The van der Waals surface area contributed by atoms with Crippen molar-refractivity contribution in [3.8, 4) is 0 Å². The first-order chi connectivity index (χ1) is 11.3. The molecule has 134 valence electrons. The van der Waals surface area contributed by atoms with Crippen molar-refractivity contribution in [2.24, 2.45) is 0 Å². The number of carbonyl (C=O) groups excluding carboxylic acids is 2. The van der Waals surface area contributed by atoms with Crippen LogP contribution in [0.15, 0.2) is 12.2 Å². The molecule has 2 aliphatic heterocycles. The molecule has 0 aromatic carbocycles. The zero-order valence-electron chi connectivity index (χ0n) is 12.6. The molecule has 1 fully saturated rings. The van der Waals surface area contributed by atoms with Gasteiger partial charge in [0.15, 0.2) is 6.29 Å². The number of aliphatic hydroxyl groups is 3. The number of carboxylic acid groups (broad SMARTS) is 1. The van der Waals surface area contributed by atoms with E-state index >= 15 is 0 Å². The molecule has 1 saturated heterocycles. The number of ether oxygens (including phenoxy) is 2. The van der Waals surface area contributed by atoms with Crippen LogP contribution in [0.25, 0.3) is 0 Å². The van der Waals surface area contributed by atoms with Crippen LogP contribution in [0.4, 0.5) is 0 Å². The van der Waals surface area contributed by atoms with Crippen LogP contribution in [0, 0.1) is 0 Å². The van der Waals surface area contributed by atoms with Gasteiger partial charge in [0.05, 0.1) is 19.3 Å². The zero-order valence-corrected chi connectivity index (χ0v) is 12.6. The summed E-state index contributed by atoms with van der Waals surface area (Å²) in [6.45, 7) is -0.231. The summed E-state index contributed by atoms with van der Waals surface area (Å²) in [6, 6.07) is 0. The Morgan fingerprint density at radius 3 is 2.33 bits per heavy atom. The fourth-order valence-corrected chi connectivity index (χ4v) is 2.47. The highest BCUT2D eigenvalue weighted by atomic mass is 16.7. The van der Waals surface area contributed by atoms with Gasteiger partial charge in [-0.3, -0.25) is 19.3 Å². The molecule has 4 N–H and O–H groups in total. The molecule has 2 aliphatic rings. The van der Waals surface area contributed by atoms with Crippen molar-refractivity contribution >= 4 is 17.8 Å². The summed E-state index contributed by atoms with van der Waals surface area (Å²) in [5.41, 5.74) is 0. The summed E-state index contributed by atoms with van der Waals surface area (Å²) in [6.07, 6.45) is -5.04. The fraction of sp³-hybridized carbons (Fsp3) is 0.643. The zero-order chi connectivity index (χ0) is 17.9. The maximum absolute atomic E-state index is 11.4. The van der Waals surface area contributed by atoms with E-state index in [0.717, 1.165) is 17.1 Å². The van der Waals surface area contributed by atoms with Crippen LogP contribution in [0.5, 0.6) is 0 Å². The molecule has 0 aromatic rings. The highest BCUT2D eigenvalue weighted by Crippen LogP contribution is 2.25. The Hall–Kier alpha value is -1.85. The smallest absolute Gasteiger partial charge is 0.303 e. The number of aliphatic carboxylic acids is 1. The second-order valence-corrected chi connectivity index (χ2v) is 5.48. The van der Waals surface area contributed by atoms with E-state index in [0.29, 0.717) is 0 Å². The van der Waals surface area contributed by atoms with Crippen LogP contribution >= 0.6 is 0 Å². The fourth-order valence-electron chi connectivity index (χ4n) is 2.47. The summed E-state index contributed by atoms with van der Waals surface area (Å²) >= 11 is 0. The topological polar surface area (TPSA) is 154 Å². The predicted octanol–water partition coefficient (Wildman–Crippen LogP) is -2.40. The van der Waals surface area contributed by atoms with E-state index in [9.17, 15) is 29.7 Å². The van der Waals surface area contributed by atoms with Crippen LogP contribution in [-0.4, -0.2) is 87.0 Å². The number of amides is 2. The second-order valence-electron chi connectivity index (χ2n) is 5.48. The minimum absolute atomic E-state index is 0.0737. The van der Waals surface area contributed by atoms with Crippen molar-refractivity contribution in [1.29, 1.82) is 0 Å². The van der Waals surface area contributed by atoms with Crippen molar-refractivity contribution in [2.45, 2.75) is 43.5 Å². The summed E-state index contributed by atoms with van der Waals surface area (Å²) < 4.78 is 10.5. The number of hydrogen-bond donors (Lipinski definition) is 4. The standard InChI is InChI=1S/C14H19NO9/c16-8-2-3-9(17)15(8)5-6-23-14-13(22)12(21)11(20)7(24-14)1-4-10(18)19/h2-3,7,11-14,20-22H,1,4-6H2,(H,18,19)/t7?,11-,12+,13?,14+/m1/s1. The van der Waals surface area contributed by atoms with Gasteiger partial charge in [0, 0.05) is 18.6 Å². The minimum Gasteiger partial charge on any atom is -0.481 e. The quantitative estimate of drug-likeness (QED) is 0.370. The number of rotatable bonds is 7. The van der Waals surface area contributed by atoms with Gasteiger partial charge in [0.25, 0.3) is 11.8 Å². The predicted molar refractivity (Wildman–Crippen MR) is 75.4 cm³/mol. The lowest BCUT2D eigenvalue weighted by atomic mass is 9.96. The van der Waals surface area contributed by atoms with E-state index < -0.39 is 48.5 Å².